The quantitative estimate of drug-likeness (QED) is 0.527. The Bertz CT molecular complexity index is 1090. The smallest absolute Gasteiger partial charge is 0.243 e. The van der Waals surface area contributed by atoms with Crippen molar-refractivity contribution in [1.29, 1.82) is 0 Å². The molecule has 2 N–H and O–H groups in total. The molecule has 0 unspecified atom stereocenters. The third-order valence-corrected chi connectivity index (χ3v) is 7.61. The van der Waals surface area contributed by atoms with Crippen LogP contribution in [0.3, 0.4) is 0 Å². The van der Waals surface area contributed by atoms with E-state index in [4.69, 9.17) is 9.47 Å². The van der Waals surface area contributed by atoms with Crippen LogP contribution in [0.1, 0.15) is 24.8 Å². The first-order chi connectivity index (χ1) is 16.3. The van der Waals surface area contributed by atoms with Crippen LogP contribution < -0.4 is 20.1 Å². The number of carbonyl (C=O) groups excluding carboxylic acids is 2. The van der Waals surface area contributed by atoms with Gasteiger partial charge in [-0.2, -0.15) is 4.31 Å². The predicted molar refractivity (Wildman–Crippen MR) is 127 cm³/mol. The van der Waals surface area contributed by atoms with E-state index in [1.54, 1.807) is 19.2 Å². The zero-order valence-corrected chi connectivity index (χ0v) is 20.3. The Labute approximate surface area is 200 Å². The number of sulfonamides is 1. The number of hydrogen-bond acceptors (Lipinski definition) is 6. The second-order valence-electron chi connectivity index (χ2n) is 8.05. The van der Waals surface area contributed by atoms with Crippen molar-refractivity contribution in [3.63, 3.8) is 0 Å². The van der Waals surface area contributed by atoms with Crippen LogP contribution in [0, 0.1) is 5.92 Å². The van der Waals surface area contributed by atoms with Gasteiger partial charge in [-0.25, -0.2) is 8.42 Å². The number of nitrogens with one attached hydrogen (secondary N) is 2. The van der Waals surface area contributed by atoms with Crippen molar-refractivity contribution in [3.05, 3.63) is 54.1 Å². The maximum atomic E-state index is 13.0. The van der Waals surface area contributed by atoms with E-state index in [1.165, 1.54) is 23.5 Å². The molecule has 2 amide bonds. The SMILES string of the molecule is COc1ccc(S(=O)(=O)N2CCC[C@H](C(=O)NCCC(=O)NCc3cccc(OC)c3)C2)cc1. The molecule has 184 valence electrons. The highest BCUT2D eigenvalue weighted by Crippen LogP contribution is 2.25. The summed E-state index contributed by atoms with van der Waals surface area (Å²) in [4.78, 5) is 24.9. The highest BCUT2D eigenvalue weighted by atomic mass is 32.2. The van der Waals surface area contributed by atoms with Crippen LogP contribution in [0.2, 0.25) is 0 Å². The maximum Gasteiger partial charge on any atom is 0.243 e. The average molecular weight is 490 g/mol. The van der Waals surface area contributed by atoms with Gasteiger partial charge in [0.05, 0.1) is 25.0 Å². The molecule has 9 nitrogen and oxygen atoms in total. The lowest BCUT2D eigenvalue weighted by molar-refractivity contribution is -0.126. The van der Waals surface area contributed by atoms with Gasteiger partial charge in [0.15, 0.2) is 0 Å². The molecule has 3 rings (SSSR count). The number of rotatable bonds is 10. The summed E-state index contributed by atoms with van der Waals surface area (Å²) >= 11 is 0. The van der Waals surface area contributed by atoms with E-state index in [9.17, 15) is 18.0 Å². The van der Waals surface area contributed by atoms with E-state index in [2.05, 4.69) is 10.6 Å². The van der Waals surface area contributed by atoms with Crippen molar-refractivity contribution in [2.24, 2.45) is 5.92 Å². The van der Waals surface area contributed by atoms with Crippen LogP contribution in [0.4, 0.5) is 0 Å². The third-order valence-electron chi connectivity index (χ3n) is 5.73. The minimum atomic E-state index is -3.70. The summed E-state index contributed by atoms with van der Waals surface area (Å²) in [6.07, 6.45) is 1.33. The van der Waals surface area contributed by atoms with Gasteiger partial charge in [0.1, 0.15) is 11.5 Å². The van der Waals surface area contributed by atoms with Crippen LogP contribution in [-0.4, -0.2) is 58.4 Å². The predicted octanol–water partition coefficient (Wildman–Crippen LogP) is 1.93. The van der Waals surface area contributed by atoms with Crippen LogP contribution in [0.25, 0.3) is 0 Å². The molecule has 0 saturated carbocycles. The molecule has 2 aromatic carbocycles. The Morgan fingerprint density at radius 1 is 1.03 bits per heavy atom. The summed E-state index contributed by atoms with van der Waals surface area (Å²) in [7, 11) is -0.602. The topological polar surface area (TPSA) is 114 Å². The van der Waals surface area contributed by atoms with Gasteiger partial charge >= 0.3 is 0 Å². The van der Waals surface area contributed by atoms with Gasteiger partial charge in [-0.3, -0.25) is 9.59 Å². The summed E-state index contributed by atoms with van der Waals surface area (Å²) < 4.78 is 37.6. The number of carbonyl (C=O) groups is 2. The standard InChI is InChI=1S/C24H31N3O6S/c1-32-20-8-10-22(11-9-20)34(30,31)27-14-4-6-19(17-27)24(29)25-13-12-23(28)26-16-18-5-3-7-21(15-18)33-2/h3,5,7-11,15,19H,4,6,12-14,16-17H2,1-2H3,(H,25,29)(H,26,28)/t19-/m0/s1. The summed E-state index contributed by atoms with van der Waals surface area (Å²) in [6, 6.07) is 13.6. The molecule has 0 aromatic heterocycles. The van der Waals surface area contributed by atoms with E-state index >= 15 is 0 Å². The maximum absolute atomic E-state index is 13.0. The van der Waals surface area contributed by atoms with Gasteiger partial charge in [0.2, 0.25) is 21.8 Å². The Morgan fingerprint density at radius 2 is 1.76 bits per heavy atom. The molecule has 1 saturated heterocycles. The second-order valence-corrected chi connectivity index (χ2v) is 9.98. The number of ether oxygens (including phenoxy) is 2. The van der Waals surface area contributed by atoms with Crippen LogP contribution in [-0.2, 0) is 26.2 Å². The van der Waals surface area contributed by atoms with Crippen LogP contribution in [0.5, 0.6) is 11.5 Å². The fourth-order valence-electron chi connectivity index (χ4n) is 3.79. The van der Waals surface area contributed by atoms with Gasteiger partial charge in [0, 0.05) is 32.6 Å². The molecule has 0 spiro atoms. The van der Waals surface area contributed by atoms with Gasteiger partial charge in [-0.05, 0) is 54.8 Å². The fourth-order valence-corrected chi connectivity index (χ4v) is 5.31. The van der Waals surface area contributed by atoms with Crippen molar-refractivity contribution in [1.82, 2.24) is 14.9 Å². The van der Waals surface area contributed by atoms with Gasteiger partial charge in [-0.1, -0.05) is 12.1 Å². The van der Waals surface area contributed by atoms with Crippen LogP contribution >= 0.6 is 0 Å². The molecular formula is C24H31N3O6S. The van der Waals surface area contributed by atoms with Crippen molar-refractivity contribution in [2.45, 2.75) is 30.7 Å². The zero-order chi connectivity index (χ0) is 24.6. The Hall–Kier alpha value is -3.11. The van der Waals surface area contributed by atoms with E-state index < -0.39 is 15.9 Å². The molecule has 1 aliphatic heterocycles. The van der Waals surface area contributed by atoms with Gasteiger partial charge in [0.25, 0.3) is 0 Å². The first kappa shape index (κ1) is 25.5. The van der Waals surface area contributed by atoms with Crippen molar-refractivity contribution in [2.75, 3.05) is 33.9 Å². The fraction of sp³-hybridized carbons (Fsp3) is 0.417. The monoisotopic (exact) mass is 489 g/mol. The van der Waals surface area contributed by atoms with Crippen LogP contribution in [0.15, 0.2) is 53.4 Å². The number of benzene rings is 2. The highest BCUT2D eigenvalue weighted by molar-refractivity contribution is 7.89. The molecule has 1 aliphatic rings. The number of nitrogens with zero attached hydrogens (tertiary/aromatic N) is 1. The minimum Gasteiger partial charge on any atom is -0.497 e. The lowest BCUT2D eigenvalue weighted by atomic mass is 9.99. The van der Waals surface area contributed by atoms with Crippen molar-refractivity contribution in [3.8, 4) is 11.5 Å². The molecule has 1 heterocycles. The summed E-state index contributed by atoms with van der Waals surface area (Å²) in [6.45, 7) is 1.03. The highest BCUT2D eigenvalue weighted by Gasteiger charge is 2.33. The molecule has 1 atom stereocenters. The zero-order valence-electron chi connectivity index (χ0n) is 19.5. The number of methoxy groups -OCH3 is 2. The van der Waals surface area contributed by atoms with Gasteiger partial charge in [-0.15, -0.1) is 0 Å². The molecule has 0 aliphatic carbocycles. The minimum absolute atomic E-state index is 0.113. The van der Waals surface area contributed by atoms with Gasteiger partial charge < -0.3 is 20.1 Å². The molecule has 0 radical (unpaired) electrons. The number of amides is 2. The average Bonchev–Trinajstić information content (AvgIpc) is 2.87. The normalized spacial score (nSPS) is 16.5. The Balaban J connectivity index is 1.45. The molecule has 0 bridgehead atoms. The Kier molecular flexibility index (Phi) is 8.89. The number of hydrogen-bond donors (Lipinski definition) is 2. The van der Waals surface area contributed by atoms with E-state index in [0.717, 1.165) is 11.3 Å². The summed E-state index contributed by atoms with van der Waals surface area (Å²) in [5.74, 6) is 0.407. The first-order valence-corrected chi connectivity index (χ1v) is 12.6. The second kappa shape index (κ2) is 11.8. The summed E-state index contributed by atoms with van der Waals surface area (Å²) in [5.41, 5.74) is 0.914. The molecule has 34 heavy (non-hydrogen) atoms. The lowest BCUT2D eigenvalue weighted by Gasteiger charge is -2.31. The molecule has 1 fully saturated rings. The first-order valence-electron chi connectivity index (χ1n) is 11.1. The number of piperidine rings is 1. The Morgan fingerprint density at radius 3 is 2.47 bits per heavy atom. The molecule has 2 aromatic rings. The lowest BCUT2D eigenvalue weighted by Crippen LogP contribution is -2.45. The van der Waals surface area contributed by atoms with Crippen molar-refractivity contribution < 1.29 is 27.5 Å². The van der Waals surface area contributed by atoms with Crippen molar-refractivity contribution >= 4 is 21.8 Å². The largest absolute Gasteiger partial charge is 0.497 e. The van der Waals surface area contributed by atoms with E-state index in [1.807, 2.05) is 24.3 Å². The molecular weight excluding hydrogens is 458 g/mol. The molecule has 10 heteroatoms. The summed E-state index contributed by atoms with van der Waals surface area (Å²) in [5, 5.41) is 5.58. The van der Waals surface area contributed by atoms with E-state index in [-0.39, 0.29) is 36.2 Å². The van der Waals surface area contributed by atoms with E-state index in [0.29, 0.717) is 31.7 Å². The third kappa shape index (κ3) is 6.71.